The zero-order valence-corrected chi connectivity index (χ0v) is 12.7. The minimum absolute atomic E-state index is 0.0413. The van der Waals surface area contributed by atoms with Crippen LogP contribution in [0.4, 0.5) is 10.1 Å². The van der Waals surface area contributed by atoms with Crippen molar-refractivity contribution in [3.05, 3.63) is 40.2 Å². The van der Waals surface area contributed by atoms with Gasteiger partial charge in [-0.25, -0.2) is 4.39 Å². The summed E-state index contributed by atoms with van der Waals surface area (Å²) in [5.74, 6) is -0.467. The van der Waals surface area contributed by atoms with E-state index in [9.17, 15) is 14.5 Å². The zero-order valence-electron chi connectivity index (χ0n) is 12.7. The highest BCUT2D eigenvalue weighted by atomic mass is 19.1. The summed E-state index contributed by atoms with van der Waals surface area (Å²) >= 11 is 0. The van der Waals surface area contributed by atoms with E-state index in [1.807, 2.05) is 0 Å². The number of ether oxygens (including phenoxy) is 3. The van der Waals surface area contributed by atoms with E-state index >= 15 is 0 Å². The smallest absolute Gasteiger partial charge is 0.269 e. The van der Waals surface area contributed by atoms with Crippen molar-refractivity contribution in [1.29, 1.82) is 0 Å². The second-order valence-corrected chi connectivity index (χ2v) is 4.02. The topological polar surface area (TPSA) is 111 Å². The Morgan fingerprint density at radius 1 is 0.870 bits per heavy atom. The molecule has 0 aromatic heterocycles. The van der Waals surface area contributed by atoms with Crippen LogP contribution < -0.4 is 0 Å². The van der Waals surface area contributed by atoms with Gasteiger partial charge in [0, 0.05) is 12.1 Å². The Balaban J connectivity index is 0.000000433. The first kappa shape index (κ1) is 21.4. The van der Waals surface area contributed by atoms with Crippen molar-refractivity contribution in [3.8, 4) is 0 Å². The number of rotatable bonds is 11. The normalized spacial score (nSPS) is 10.0. The average molecular weight is 335 g/mol. The number of halogens is 1. The maximum Gasteiger partial charge on any atom is 0.269 e. The van der Waals surface area contributed by atoms with Crippen molar-refractivity contribution < 1.29 is 33.7 Å². The summed E-state index contributed by atoms with van der Waals surface area (Å²) in [6.45, 7) is 2.76. The molecule has 23 heavy (non-hydrogen) atoms. The molecule has 2 N–H and O–H groups in total. The number of benzene rings is 1. The van der Waals surface area contributed by atoms with Crippen molar-refractivity contribution in [1.82, 2.24) is 0 Å². The minimum Gasteiger partial charge on any atom is -0.394 e. The predicted molar refractivity (Wildman–Crippen MR) is 79.7 cm³/mol. The molecule has 0 amide bonds. The van der Waals surface area contributed by atoms with Crippen LogP contribution >= 0.6 is 0 Å². The van der Waals surface area contributed by atoms with Crippen LogP contribution in [0.3, 0.4) is 0 Å². The van der Waals surface area contributed by atoms with Crippen molar-refractivity contribution in [2.45, 2.75) is 0 Å². The summed E-state index contributed by atoms with van der Waals surface area (Å²) in [6.07, 6.45) is 0. The summed E-state index contributed by atoms with van der Waals surface area (Å²) in [7, 11) is 0. The quantitative estimate of drug-likeness (QED) is 0.349. The largest absolute Gasteiger partial charge is 0.394 e. The Kier molecular flexibility index (Phi) is 14.2. The predicted octanol–water partition coefficient (Wildman–Crippen LogP) is 0.755. The first-order chi connectivity index (χ1) is 11.1. The molecule has 0 atom stereocenters. The number of non-ortho nitro benzene ring substituents is 1. The van der Waals surface area contributed by atoms with E-state index in [2.05, 4.69) is 0 Å². The summed E-state index contributed by atoms with van der Waals surface area (Å²) in [4.78, 5) is 9.43. The lowest BCUT2D eigenvalue weighted by molar-refractivity contribution is -0.384. The summed E-state index contributed by atoms with van der Waals surface area (Å²) in [5, 5.41) is 26.7. The molecule has 1 aromatic carbocycles. The molecule has 132 valence electrons. The zero-order chi connectivity index (χ0) is 17.3. The summed E-state index contributed by atoms with van der Waals surface area (Å²) in [5.41, 5.74) is -0.0959. The van der Waals surface area contributed by atoms with Crippen LogP contribution in [0.2, 0.25) is 0 Å². The van der Waals surface area contributed by atoms with Crippen LogP contribution in [-0.2, 0) is 14.2 Å². The molecule has 0 unspecified atom stereocenters. The van der Waals surface area contributed by atoms with E-state index in [1.165, 1.54) is 0 Å². The maximum absolute atomic E-state index is 12.1. The van der Waals surface area contributed by atoms with Gasteiger partial charge in [0.15, 0.2) is 0 Å². The highest BCUT2D eigenvalue weighted by Crippen LogP contribution is 2.09. The molecule has 0 heterocycles. The van der Waals surface area contributed by atoms with E-state index in [0.29, 0.717) is 39.6 Å². The highest BCUT2D eigenvalue weighted by Gasteiger charge is 2.02. The van der Waals surface area contributed by atoms with Crippen LogP contribution in [0.15, 0.2) is 24.3 Å². The van der Waals surface area contributed by atoms with Crippen molar-refractivity contribution in [2.24, 2.45) is 0 Å². The lowest BCUT2D eigenvalue weighted by atomic mass is 10.3. The lowest BCUT2D eigenvalue weighted by Crippen LogP contribution is -2.11. The SMILES string of the molecule is O=[N+]([O-])c1ccc(F)cc1.OCCOCCOCCOCCO. The molecular weight excluding hydrogens is 313 g/mol. The molecule has 8 nitrogen and oxygen atoms in total. The Morgan fingerprint density at radius 3 is 1.61 bits per heavy atom. The first-order valence-corrected chi connectivity index (χ1v) is 6.96. The third-order valence-corrected chi connectivity index (χ3v) is 2.25. The molecule has 0 spiro atoms. The second-order valence-electron chi connectivity index (χ2n) is 4.02. The summed E-state index contributed by atoms with van der Waals surface area (Å²) in [6, 6.07) is 4.35. The molecule has 0 aliphatic carbocycles. The van der Waals surface area contributed by atoms with Crippen molar-refractivity contribution in [3.63, 3.8) is 0 Å². The Hall–Kier alpha value is -1.65. The third-order valence-electron chi connectivity index (χ3n) is 2.25. The van der Waals surface area contributed by atoms with Gasteiger partial charge in [-0.1, -0.05) is 0 Å². The molecule has 0 saturated carbocycles. The van der Waals surface area contributed by atoms with E-state index in [1.54, 1.807) is 0 Å². The van der Waals surface area contributed by atoms with Gasteiger partial charge in [-0.2, -0.15) is 0 Å². The molecule has 0 aliphatic heterocycles. The number of hydrogen-bond acceptors (Lipinski definition) is 7. The van der Waals surface area contributed by atoms with Crippen molar-refractivity contribution in [2.75, 3.05) is 52.9 Å². The van der Waals surface area contributed by atoms with Crippen molar-refractivity contribution >= 4 is 5.69 Å². The molecular formula is C14H22FNO7. The van der Waals surface area contributed by atoms with Gasteiger partial charge in [0.2, 0.25) is 0 Å². The molecule has 0 bridgehead atoms. The second kappa shape index (κ2) is 15.3. The molecule has 1 rings (SSSR count). The first-order valence-electron chi connectivity index (χ1n) is 6.96. The Bertz CT molecular complexity index is 393. The van der Waals surface area contributed by atoms with E-state index in [-0.39, 0.29) is 18.9 Å². The molecule has 0 aliphatic rings. The third kappa shape index (κ3) is 13.7. The fraction of sp³-hybridized carbons (Fsp3) is 0.571. The van der Waals surface area contributed by atoms with Gasteiger partial charge in [0.05, 0.1) is 57.8 Å². The number of hydrogen-bond donors (Lipinski definition) is 2. The molecule has 9 heteroatoms. The number of aliphatic hydroxyl groups is 2. The van der Waals surface area contributed by atoms with Crippen LogP contribution in [0.1, 0.15) is 0 Å². The fourth-order valence-electron chi connectivity index (χ4n) is 1.23. The van der Waals surface area contributed by atoms with E-state index in [0.717, 1.165) is 24.3 Å². The number of nitrogens with zero attached hydrogens (tertiary/aromatic N) is 1. The number of aliphatic hydroxyl groups excluding tert-OH is 2. The van der Waals surface area contributed by atoms with Crippen LogP contribution in [0, 0.1) is 15.9 Å². The Labute approximate surface area is 133 Å². The number of nitro benzene ring substituents is 1. The molecule has 0 saturated heterocycles. The Morgan fingerprint density at radius 2 is 1.26 bits per heavy atom. The number of nitro groups is 1. The van der Waals surface area contributed by atoms with E-state index < -0.39 is 10.7 Å². The fourth-order valence-corrected chi connectivity index (χ4v) is 1.23. The van der Waals surface area contributed by atoms with Crippen LogP contribution in [0.5, 0.6) is 0 Å². The van der Waals surface area contributed by atoms with Gasteiger partial charge in [-0.3, -0.25) is 10.1 Å². The standard InChI is InChI=1S/C8H18O5.C6H4FNO2/c9-1-3-11-5-7-13-8-6-12-4-2-10;7-5-1-3-6(4-2-5)8(9)10/h9-10H,1-8H2;1-4H. The van der Waals surface area contributed by atoms with Gasteiger partial charge in [0.25, 0.3) is 5.69 Å². The van der Waals surface area contributed by atoms with Gasteiger partial charge in [-0.05, 0) is 12.1 Å². The average Bonchev–Trinajstić information content (AvgIpc) is 2.54. The molecule has 0 radical (unpaired) electrons. The molecule has 1 aromatic rings. The van der Waals surface area contributed by atoms with Gasteiger partial charge in [-0.15, -0.1) is 0 Å². The van der Waals surface area contributed by atoms with Gasteiger partial charge < -0.3 is 24.4 Å². The minimum atomic E-state index is -0.570. The lowest BCUT2D eigenvalue weighted by Gasteiger charge is -2.04. The van der Waals surface area contributed by atoms with Crippen LogP contribution in [-0.4, -0.2) is 68.0 Å². The van der Waals surface area contributed by atoms with Crippen LogP contribution in [0.25, 0.3) is 0 Å². The van der Waals surface area contributed by atoms with Gasteiger partial charge in [0.1, 0.15) is 5.82 Å². The summed E-state index contributed by atoms with van der Waals surface area (Å²) < 4.78 is 27.2. The van der Waals surface area contributed by atoms with E-state index in [4.69, 9.17) is 24.4 Å². The highest BCUT2D eigenvalue weighted by molar-refractivity contribution is 5.28. The molecule has 0 fully saturated rings. The van der Waals surface area contributed by atoms with Gasteiger partial charge >= 0.3 is 0 Å². The maximum atomic E-state index is 12.1. The monoisotopic (exact) mass is 335 g/mol.